The van der Waals surface area contributed by atoms with E-state index in [0.717, 1.165) is 0 Å². The minimum Gasteiger partial charge on any atom is -0.469 e. The Morgan fingerprint density at radius 2 is 2.27 bits per heavy atom. The second kappa shape index (κ2) is 1.79. The summed E-state index contributed by atoms with van der Waals surface area (Å²) >= 11 is 0. The van der Waals surface area contributed by atoms with Crippen molar-refractivity contribution in [2.24, 2.45) is 0 Å². The topological polar surface area (TPSA) is 35.5 Å². The molecule has 2 aliphatic rings. The van der Waals surface area contributed by atoms with E-state index < -0.39 is 7.25 Å². The molecular weight excluding hydrogens is 145 g/mol. The third-order valence-electron chi connectivity index (χ3n) is 2.04. The number of hydrogen-bond donors (Lipinski definition) is 0. The van der Waals surface area contributed by atoms with Crippen LogP contribution >= 0.6 is 0 Å². The number of hydrogen-bond acceptors (Lipinski definition) is 3. The fourth-order valence-electron chi connectivity index (χ4n) is 1.51. The van der Waals surface area contributed by atoms with Crippen LogP contribution in [0.15, 0.2) is 12.3 Å². The third-order valence-corrected chi connectivity index (χ3v) is 2.04. The molecule has 1 unspecified atom stereocenters. The standard InChI is InChI=1S/C6H9BNO3/c1-5-3-8(2)4-6(9)11-7(8)10-5/h1,3-4H2,2H3/q+1. The van der Waals surface area contributed by atoms with Gasteiger partial charge in [0.25, 0.3) is 0 Å². The quantitative estimate of drug-likeness (QED) is 0.442. The van der Waals surface area contributed by atoms with Crippen molar-refractivity contribution in [3.63, 3.8) is 0 Å². The van der Waals surface area contributed by atoms with E-state index in [9.17, 15) is 4.79 Å². The molecule has 0 aromatic rings. The third kappa shape index (κ3) is 0.843. The van der Waals surface area contributed by atoms with Crippen LogP contribution in [0.2, 0.25) is 0 Å². The van der Waals surface area contributed by atoms with Crippen LogP contribution in [0.5, 0.6) is 0 Å². The van der Waals surface area contributed by atoms with Gasteiger partial charge in [-0.1, -0.05) is 6.58 Å². The number of quaternary nitrogens is 1. The minimum absolute atomic E-state index is 0.190. The van der Waals surface area contributed by atoms with E-state index in [4.69, 9.17) is 9.31 Å². The summed E-state index contributed by atoms with van der Waals surface area (Å²) < 4.78 is 10.6. The molecule has 0 aliphatic carbocycles. The zero-order valence-corrected chi connectivity index (χ0v) is 6.37. The Balaban J connectivity index is 2.25. The van der Waals surface area contributed by atoms with E-state index in [1.165, 1.54) is 0 Å². The molecule has 0 aromatic heterocycles. The van der Waals surface area contributed by atoms with Crippen molar-refractivity contribution in [1.29, 1.82) is 0 Å². The van der Waals surface area contributed by atoms with Crippen LogP contribution in [-0.4, -0.2) is 37.8 Å². The summed E-state index contributed by atoms with van der Waals surface area (Å²) in [6.07, 6.45) is 0. The second-order valence-electron chi connectivity index (χ2n) is 3.25. The predicted molar refractivity (Wildman–Crippen MR) is 38.0 cm³/mol. The Morgan fingerprint density at radius 3 is 2.91 bits per heavy atom. The zero-order valence-electron chi connectivity index (χ0n) is 6.37. The summed E-state index contributed by atoms with van der Waals surface area (Å²) in [5, 5.41) is 0. The van der Waals surface area contributed by atoms with Gasteiger partial charge in [0.05, 0.1) is 7.05 Å². The SMILES string of the molecule is C=C1C[N+]2(C)CC(=O)OB2O1. The van der Waals surface area contributed by atoms with Crippen LogP contribution in [0.25, 0.3) is 0 Å². The summed E-state index contributed by atoms with van der Waals surface area (Å²) in [5.74, 6) is 0.509. The highest BCUT2D eigenvalue weighted by atomic mass is 16.7. The highest BCUT2D eigenvalue weighted by Crippen LogP contribution is 2.27. The molecule has 4 nitrogen and oxygen atoms in total. The number of carbonyl (C=O) groups is 1. The van der Waals surface area contributed by atoms with Crippen LogP contribution in [0.4, 0.5) is 0 Å². The molecule has 2 saturated heterocycles. The maximum Gasteiger partial charge on any atom is 0.907 e. The first-order valence-corrected chi connectivity index (χ1v) is 3.48. The van der Waals surface area contributed by atoms with Crippen molar-refractivity contribution in [3.8, 4) is 0 Å². The van der Waals surface area contributed by atoms with Crippen molar-refractivity contribution in [2.75, 3.05) is 20.1 Å². The molecule has 0 saturated carbocycles. The van der Waals surface area contributed by atoms with Crippen molar-refractivity contribution in [1.82, 2.24) is 0 Å². The lowest BCUT2D eigenvalue weighted by Crippen LogP contribution is -2.47. The number of rotatable bonds is 0. The smallest absolute Gasteiger partial charge is 0.469 e. The molecule has 0 aromatic carbocycles. The summed E-state index contributed by atoms with van der Waals surface area (Å²) in [5.41, 5.74) is 0. The molecule has 0 N–H and O–H groups in total. The van der Waals surface area contributed by atoms with E-state index >= 15 is 0 Å². The summed E-state index contributed by atoms with van der Waals surface area (Å²) in [6.45, 7) is 4.75. The molecule has 2 heterocycles. The average Bonchev–Trinajstić information content (AvgIpc) is 2.16. The number of nitrogens with zero attached hydrogens (tertiary/aromatic N) is 1. The maximum atomic E-state index is 10.8. The lowest BCUT2D eigenvalue weighted by Gasteiger charge is -2.17. The molecule has 1 atom stereocenters. The van der Waals surface area contributed by atoms with Crippen molar-refractivity contribution >= 4 is 13.2 Å². The molecule has 0 amide bonds. The number of carbonyl (C=O) groups excluding carboxylic acids is 1. The normalized spacial score (nSPS) is 35.2. The molecule has 11 heavy (non-hydrogen) atoms. The Morgan fingerprint density at radius 1 is 1.55 bits per heavy atom. The van der Waals surface area contributed by atoms with Gasteiger partial charge < -0.3 is 9.31 Å². The van der Waals surface area contributed by atoms with Gasteiger partial charge in [-0.15, -0.1) is 0 Å². The molecule has 5 heteroatoms. The fourth-order valence-corrected chi connectivity index (χ4v) is 1.51. The first-order chi connectivity index (χ1) is 5.10. The van der Waals surface area contributed by atoms with Gasteiger partial charge in [0, 0.05) is 0 Å². The van der Waals surface area contributed by atoms with Gasteiger partial charge in [-0.05, 0) is 0 Å². The average molecular weight is 154 g/mol. The number of fused-ring (bicyclic) bond motifs is 1. The van der Waals surface area contributed by atoms with Crippen LogP contribution in [0, 0.1) is 0 Å². The minimum atomic E-state index is -0.435. The first kappa shape index (κ1) is 6.73. The molecule has 58 valence electrons. The molecule has 0 bridgehead atoms. The highest BCUT2D eigenvalue weighted by Gasteiger charge is 2.63. The monoisotopic (exact) mass is 154 g/mol. The van der Waals surface area contributed by atoms with E-state index in [1.54, 1.807) is 0 Å². The largest absolute Gasteiger partial charge is 0.907 e. The van der Waals surface area contributed by atoms with E-state index in [1.807, 2.05) is 7.05 Å². The Bertz CT molecular complexity index is 220. The van der Waals surface area contributed by atoms with Crippen LogP contribution < -0.4 is 0 Å². The Hall–Kier alpha value is -0.965. The molecule has 0 radical (unpaired) electrons. The summed E-state index contributed by atoms with van der Waals surface area (Å²) in [6, 6.07) is 0. The van der Waals surface area contributed by atoms with Gasteiger partial charge in [0.15, 0.2) is 6.54 Å². The van der Waals surface area contributed by atoms with Crippen molar-refractivity contribution in [2.45, 2.75) is 0 Å². The van der Waals surface area contributed by atoms with Crippen molar-refractivity contribution in [3.05, 3.63) is 12.3 Å². The Kier molecular flexibility index (Phi) is 1.10. The van der Waals surface area contributed by atoms with Crippen molar-refractivity contribution < 1.29 is 18.5 Å². The predicted octanol–water partition coefficient (Wildman–Crippen LogP) is -0.481. The van der Waals surface area contributed by atoms with Crippen LogP contribution in [0.1, 0.15) is 0 Å². The fraction of sp³-hybridized carbons (Fsp3) is 0.500. The molecule has 0 spiro atoms. The lowest BCUT2D eigenvalue weighted by molar-refractivity contribution is -0.787. The lowest BCUT2D eigenvalue weighted by atomic mass is 10.1. The second-order valence-corrected chi connectivity index (χ2v) is 3.25. The van der Waals surface area contributed by atoms with E-state index in [2.05, 4.69) is 6.58 Å². The van der Waals surface area contributed by atoms with Gasteiger partial charge in [0.1, 0.15) is 12.3 Å². The first-order valence-electron chi connectivity index (χ1n) is 3.48. The van der Waals surface area contributed by atoms with Crippen LogP contribution in [-0.2, 0) is 14.1 Å². The van der Waals surface area contributed by atoms with Gasteiger partial charge >= 0.3 is 13.2 Å². The molecular formula is C6H9BNO3+. The molecule has 2 rings (SSSR count). The van der Waals surface area contributed by atoms with E-state index in [-0.39, 0.29) is 5.97 Å². The van der Waals surface area contributed by atoms with Crippen LogP contribution in [0.3, 0.4) is 0 Å². The number of likely N-dealkylation sites (N-methyl/N-ethyl adjacent to an activating group) is 1. The zero-order chi connectivity index (χ0) is 8.06. The van der Waals surface area contributed by atoms with Gasteiger partial charge in [-0.25, -0.2) is 4.79 Å². The maximum absolute atomic E-state index is 10.8. The van der Waals surface area contributed by atoms with E-state index in [0.29, 0.717) is 23.2 Å². The summed E-state index contributed by atoms with van der Waals surface area (Å²) in [4.78, 5) is 10.8. The molecule has 2 fully saturated rings. The summed E-state index contributed by atoms with van der Waals surface area (Å²) in [7, 11) is 1.49. The van der Waals surface area contributed by atoms with Gasteiger partial charge in [0.2, 0.25) is 0 Å². The van der Waals surface area contributed by atoms with Gasteiger partial charge in [-0.3, -0.25) is 4.39 Å². The van der Waals surface area contributed by atoms with Gasteiger partial charge in [-0.2, -0.15) is 0 Å². The highest BCUT2D eigenvalue weighted by molar-refractivity contribution is 6.41. The Labute approximate surface area is 65.1 Å². The molecule has 2 aliphatic heterocycles.